The summed E-state index contributed by atoms with van der Waals surface area (Å²) in [5.74, 6) is -2.38. The second-order valence-electron chi connectivity index (χ2n) is 5.40. The minimum Gasteiger partial charge on any atom is -0.460 e. The largest absolute Gasteiger partial charge is 0.460 e. The van der Waals surface area contributed by atoms with Crippen molar-refractivity contribution < 1.29 is 23.8 Å². The molecule has 5 nitrogen and oxygen atoms in total. The molecule has 132 valence electrons. The van der Waals surface area contributed by atoms with Crippen molar-refractivity contribution in [3.8, 4) is 0 Å². The van der Waals surface area contributed by atoms with E-state index in [1.165, 1.54) is 0 Å². The zero-order valence-corrected chi connectivity index (χ0v) is 14.2. The van der Waals surface area contributed by atoms with Gasteiger partial charge in [-0.25, -0.2) is 0 Å². The van der Waals surface area contributed by atoms with Gasteiger partial charge in [-0.3, -0.25) is 9.59 Å². The molecule has 0 atom stereocenters. The molecule has 0 aliphatic rings. The predicted molar refractivity (Wildman–Crippen MR) is 92.5 cm³/mol. The van der Waals surface area contributed by atoms with Crippen molar-refractivity contribution in [2.45, 2.75) is 20.1 Å². The highest BCUT2D eigenvalue weighted by Gasteiger charge is 2.30. The Morgan fingerprint density at radius 1 is 0.800 bits per heavy atom. The van der Waals surface area contributed by atoms with Crippen molar-refractivity contribution in [3.05, 3.63) is 71.8 Å². The van der Waals surface area contributed by atoms with Gasteiger partial charge in [-0.15, -0.1) is 0 Å². The molecule has 2 aromatic carbocycles. The first kappa shape index (κ1) is 18.7. The first-order valence-electron chi connectivity index (χ1n) is 8.19. The van der Waals surface area contributed by atoms with Gasteiger partial charge >= 0.3 is 11.9 Å². The van der Waals surface area contributed by atoms with Crippen molar-refractivity contribution >= 4 is 11.9 Å². The average molecular weight is 342 g/mol. The van der Waals surface area contributed by atoms with Crippen LogP contribution in [-0.2, 0) is 37.0 Å². The molecule has 0 aliphatic carbocycles. The Hall–Kier alpha value is -2.66. The van der Waals surface area contributed by atoms with E-state index >= 15 is 0 Å². The molecule has 0 spiro atoms. The lowest BCUT2D eigenvalue weighted by atomic mass is 10.1. The van der Waals surface area contributed by atoms with Crippen LogP contribution in [-0.4, -0.2) is 25.2 Å². The summed E-state index contributed by atoms with van der Waals surface area (Å²) in [4.78, 5) is 24.5. The van der Waals surface area contributed by atoms with Gasteiger partial charge in [0.1, 0.15) is 13.2 Å². The van der Waals surface area contributed by atoms with Crippen LogP contribution in [0, 0.1) is 5.92 Å². The quantitative estimate of drug-likeness (QED) is 0.517. The van der Waals surface area contributed by atoms with Crippen molar-refractivity contribution in [3.63, 3.8) is 0 Å². The van der Waals surface area contributed by atoms with Crippen molar-refractivity contribution in [1.82, 2.24) is 0 Å². The fraction of sp³-hybridized carbons (Fsp3) is 0.300. The van der Waals surface area contributed by atoms with Gasteiger partial charge in [0.15, 0.2) is 5.92 Å². The molecule has 0 aromatic heterocycles. The van der Waals surface area contributed by atoms with E-state index in [1.807, 2.05) is 60.7 Å². The van der Waals surface area contributed by atoms with E-state index in [4.69, 9.17) is 14.2 Å². The first-order valence-corrected chi connectivity index (χ1v) is 8.19. The van der Waals surface area contributed by atoms with E-state index in [2.05, 4.69) is 0 Å². The molecule has 0 aliphatic heterocycles. The molecule has 0 saturated heterocycles. The van der Waals surface area contributed by atoms with Gasteiger partial charge < -0.3 is 14.2 Å². The molecular weight excluding hydrogens is 320 g/mol. The van der Waals surface area contributed by atoms with Crippen LogP contribution in [0.1, 0.15) is 18.1 Å². The fourth-order valence-corrected chi connectivity index (χ4v) is 2.13. The SMILES string of the molecule is CCOCC(C(=O)OCc1ccccc1)C(=O)OCc1ccccc1. The van der Waals surface area contributed by atoms with E-state index < -0.39 is 17.9 Å². The molecule has 0 radical (unpaired) electrons. The number of rotatable bonds is 9. The summed E-state index contributed by atoms with van der Waals surface area (Å²) in [5, 5.41) is 0. The normalized spacial score (nSPS) is 10.5. The van der Waals surface area contributed by atoms with E-state index in [-0.39, 0.29) is 19.8 Å². The summed E-state index contributed by atoms with van der Waals surface area (Å²) in [5.41, 5.74) is 1.70. The monoisotopic (exact) mass is 342 g/mol. The maximum atomic E-state index is 12.3. The molecule has 0 N–H and O–H groups in total. The third-order valence-electron chi connectivity index (χ3n) is 3.51. The van der Waals surface area contributed by atoms with Gasteiger partial charge in [0.05, 0.1) is 6.61 Å². The zero-order chi connectivity index (χ0) is 17.9. The molecule has 2 aromatic rings. The van der Waals surface area contributed by atoms with Crippen LogP contribution < -0.4 is 0 Å². The fourth-order valence-electron chi connectivity index (χ4n) is 2.13. The molecule has 0 unspecified atom stereocenters. The van der Waals surface area contributed by atoms with Gasteiger partial charge in [0.2, 0.25) is 0 Å². The molecule has 0 fully saturated rings. The number of benzene rings is 2. The predicted octanol–water partition coefficient (Wildman–Crippen LogP) is 3.13. The standard InChI is InChI=1S/C20H22O5/c1-2-23-15-18(19(21)24-13-16-9-5-3-6-10-16)20(22)25-14-17-11-7-4-8-12-17/h3-12,18H,2,13-15H2,1H3. The van der Waals surface area contributed by atoms with Gasteiger partial charge in [0, 0.05) is 6.61 Å². The highest BCUT2D eigenvalue weighted by molar-refractivity contribution is 5.95. The van der Waals surface area contributed by atoms with Crippen molar-refractivity contribution in [2.75, 3.05) is 13.2 Å². The maximum absolute atomic E-state index is 12.3. The number of carbonyl (C=O) groups is 2. The molecule has 0 saturated carbocycles. The van der Waals surface area contributed by atoms with Crippen molar-refractivity contribution in [1.29, 1.82) is 0 Å². The van der Waals surface area contributed by atoms with Crippen LogP contribution in [0.3, 0.4) is 0 Å². The molecular formula is C20H22O5. The molecule has 0 heterocycles. The van der Waals surface area contributed by atoms with E-state index in [1.54, 1.807) is 6.92 Å². The Morgan fingerprint density at radius 3 is 1.64 bits per heavy atom. The average Bonchev–Trinajstić information content (AvgIpc) is 2.66. The van der Waals surface area contributed by atoms with Gasteiger partial charge in [0.25, 0.3) is 0 Å². The smallest absolute Gasteiger partial charge is 0.323 e. The first-order chi connectivity index (χ1) is 12.2. The molecule has 0 bridgehead atoms. The third-order valence-corrected chi connectivity index (χ3v) is 3.51. The number of hydrogen-bond donors (Lipinski definition) is 0. The van der Waals surface area contributed by atoms with Gasteiger partial charge in [-0.05, 0) is 18.1 Å². The maximum Gasteiger partial charge on any atom is 0.323 e. The summed E-state index contributed by atoms with van der Waals surface area (Å²) < 4.78 is 15.7. The topological polar surface area (TPSA) is 61.8 Å². The van der Waals surface area contributed by atoms with E-state index in [0.29, 0.717) is 6.61 Å². The lowest BCUT2D eigenvalue weighted by molar-refractivity contribution is -0.166. The molecule has 2 rings (SSSR count). The molecule has 25 heavy (non-hydrogen) atoms. The van der Waals surface area contributed by atoms with Crippen molar-refractivity contribution in [2.24, 2.45) is 5.92 Å². The summed E-state index contributed by atoms with van der Waals surface area (Å²) in [6.45, 7) is 2.34. The summed E-state index contributed by atoms with van der Waals surface area (Å²) in [6.07, 6.45) is 0. The lowest BCUT2D eigenvalue weighted by Gasteiger charge is -2.15. The highest BCUT2D eigenvalue weighted by atomic mass is 16.6. The van der Waals surface area contributed by atoms with Gasteiger partial charge in [-0.2, -0.15) is 0 Å². The Balaban J connectivity index is 1.91. The van der Waals surface area contributed by atoms with Crippen LogP contribution in [0.2, 0.25) is 0 Å². The Bertz CT molecular complexity index is 599. The summed E-state index contributed by atoms with van der Waals surface area (Å²) >= 11 is 0. The van der Waals surface area contributed by atoms with Crippen LogP contribution in [0.25, 0.3) is 0 Å². The minimum atomic E-state index is -1.09. The van der Waals surface area contributed by atoms with Crippen LogP contribution in [0.4, 0.5) is 0 Å². The number of esters is 2. The molecule has 0 amide bonds. The van der Waals surface area contributed by atoms with E-state index in [0.717, 1.165) is 11.1 Å². The Labute approximate surface area is 147 Å². The molecule has 5 heteroatoms. The Kier molecular flexibility index (Phi) is 7.66. The van der Waals surface area contributed by atoms with Crippen LogP contribution in [0.5, 0.6) is 0 Å². The summed E-state index contributed by atoms with van der Waals surface area (Å²) in [6, 6.07) is 18.6. The third kappa shape index (κ3) is 6.39. The Morgan fingerprint density at radius 2 is 1.24 bits per heavy atom. The van der Waals surface area contributed by atoms with Crippen LogP contribution in [0.15, 0.2) is 60.7 Å². The minimum absolute atomic E-state index is 0.0578. The highest BCUT2D eigenvalue weighted by Crippen LogP contribution is 2.10. The van der Waals surface area contributed by atoms with E-state index in [9.17, 15) is 9.59 Å². The number of carbonyl (C=O) groups excluding carboxylic acids is 2. The second-order valence-corrected chi connectivity index (χ2v) is 5.40. The van der Waals surface area contributed by atoms with Gasteiger partial charge in [-0.1, -0.05) is 60.7 Å². The van der Waals surface area contributed by atoms with Crippen LogP contribution >= 0.6 is 0 Å². The summed E-state index contributed by atoms with van der Waals surface area (Å²) in [7, 11) is 0. The lowest BCUT2D eigenvalue weighted by Crippen LogP contribution is -2.32. The number of hydrogen-bond acceptors (Lipinski definition) is 5. The number of ether oxygens (including phenoxy) is 3. The second kappa shape index (κ2) is 10.3. The zero-order valence-electron chi connectivity index (χ0n) is 14.2.